The topological polar surface area (TPSA) is 55.8 Å². The monoisotopic (exact) mass is 288 g/mol. The number of ether oxygens (including phenoxy) is 2. The molecule has 0 saturated carbocycles. The number of carboxylic acid groups (broad SMARTS) is 1. The van der Waals surface area contributed by atoms with Gasteiger partial charge in [0.2, 0.25) is 0 Å². The smallest absolute Gasteiger partial charge is 0.303 e. The highest BCUT2D eigenvalue weighted by Crippen LogP contribution is 2.40. The second-order valence-electron chi connectivity index (χ2n) is 4.96. The molecule has 4 heteroatoms. The SMILES string of the molecule is COc1c(C)c(CCCC(=O)O)c(OC)c2ccccc12. The van der Waals surface area contributed by atoms with Gasteiger partial charge in [0.25, 0.3) is 0 Å². The Morgan fingerprint density at radius 3 is 2.19 bits per heavy atom. The summed E-state index contributed by atoms with van der Waals surface area (Å²) in [4.78, 5) is 10.7. The molecule has 0 atom stereocenters. The van der Waals surface area contributed by atoms with Crippen molar-refractivity contribution in [1.29, 1.82) is 0 Å². The van der Waals surface area contributed by atoms with Crippen LogP contribution in [0.5, 0.6) is 11.5 Å². The molecule has 112 valence electrons. The fourth-order valence-electron chi connectivity index (χ4n) is 2.76. The summed E-state index contributed by atoms with van der Waals surface area (Å²) in [5.41, 5.74) is 2.03. The molecule has 0 amide bonds. The first-order valence-corrected chi connectivity index (χ1v) is 6.94. The summed E-state index contributed by atoms with van der Waals surface area (Å²) in [6.45, 7) is 1.99. The molecule has 0 unspecified atom stereocenters. The fraction of sp³-hybridized carbons (Fsp3) is 0.353. The zero-order valence-corrected chi connectivity index (χ0v) is 12.6. The van der Waals surface area contributed by atoms with Gasteiger partial charge in [-0.3, -0.25) is 4.79 Å². The van der Waals surface area contributed by atoms with E-state index >= 15 is 0 Å². The van der Waals surface area contributed by atoms with Crippen LogP contribution in [-0.2, 0) is 11.2 Å². The second-order valence-corrected chi connectivity index (χ2v) is 4.96. The molecule has 0 bridgehead atoms. The lowest BCUT2D eigenvalue weighted by Crippen LogP contribution is -2.02. The number of fused-ring (bicyclic) bond motifs is 1. The average molecular weight is 288 g/mol. The molecule has 0 aliphatic carbocycles. The summed E-state index contributed by atoms with van der Waals surface area (Å²) in [5, 5.41) is 10.8. The maximum Gasteiger partial charge on any atom is 0.303 e. The van der Waals surface area contributed by atoms with Gasteiger partial charge in [-0.1, -0.05) is 24.3 Å². The van der Waals surface area contributed by atoms with Crippen molar-refractivity contribution in [3.05, 3.63) is 35.4 Å². The first kappa shape index (κ1) is 15.2. The van der Waals surface area contributed by atoms with Crippen LogP contribution in [0.3, 0.4) is 0 Å². The van der Waals surface area contributed by atoms with Crippen molar-refractivity contribution in [3.8, 4) is 11.5 Å². The molecule has 2 rings (SSSR count). The minimum atomic E-state index is -0.778. The third-order valence-corrected chi connectivity index (χ3v) is 3.71. The Morgan fingerprint density at radius 2 is 1.67 bits per heavy atom. The Labute approximate surface area is 124 Å². The van der Waals surface area contributed by atoms with Gasteiger partial charge in [0.05, 0.1) is 14.2 Å². The van der Waals surface area contributed by atoms with E-state index in [0.717, 1.165) is 33.4 Å². The summed E-state index contributed by atoms with van der Waals surface area (Å²) in [5.74, 6) is 0.866. The van der Waals surface area contributed by atoms with Crippen LogP contribution in [0.25, 0.3) is 10.8 Å². The van der Waals surface area contributed by atoms with E-state index in [1.54, 1.807) is 14.2 Å². The quantitative estimate of drug-likeness (QED) is 0.882. The molecule has 0 heterocycles. The van der Waals surface area contributed by atoms with Crippen LogP contribution in [0.1, 0.15) is 24.0 Å². The minimum Gasteiger partial charge on any atom is -0.496 e. The number of carboxylic acids is 1. The summed E-state index contributed by atoms with van der Waals surface area (Å²) < 4.78 is 11.1. The summed E-state index contributed by atoms with van der Waals surface area (Å²) in [6.07, 6.45) is 1.38. The van der Waals surface area contributed by atoms with Crippen molar-refractivity contribution in [2.24, 2.45) is 0 Å². The van der Waals surface area contributed by atoms with E-state index in [-0.39, 0.29) is 6.42 Å². The third kappa shape index (κ3) is 2.94. The first-order valence-electron chi connectivity index (χ1n) is 6.94. The molecule has 0 radical (unpaired) electrons. The van der Waals surface area contributed by atoms with Gasteiger partial charge < -0.3 is 14.6 Å². The lowest BCUT2D eigenvalue weighted by Gasteiger charge is -2.18. The van der Waals surface area contributed by atoms with Crippen LogP contribution < -0.4 is 9.47 Å². The average Bonchev–Trinajstić information content (AvgIpc) is 2.47. The van der Waals surface area contributed by atoms with Crippen molar-refractivity contribution in [3.63, 3.8) is 0 Å². The van der Waals surface area contributed by atoms with E-state index < -0.39 is 5.97 Å². The zero-order valence-electron chi connectivity index (χ0n) is 12.6. The van der Waals surface area contributed by atoms with Gasteiger partial charge in [0, 0.05) is 22.8 Å². The highest BCUT2D eigenvalue weighted by atomic mass is 16.5. The Morgan fingerprint density at radius 1 is 1.10 bits per heavy atom. The molecule has 21 heavy (non-hydrogen) atoms. The number of aliphatic carboxylic acids is 1. The van der Waals surface area contributed by atoms with Crippen molar-refractivity contribution in [2.75, 3.05) is 14.2 Å². The first-order chi connectivity index (χ1) is 10.1. The van der Waals surface area contributed by atoms with E-state index in [1.807, 2.05) is 31.2 Å². The molecule has 2 aromatic carbocycles. The van der Waals surface area contributed by atoms with Gasteiger partial charge >= 0.3 is 5.97 Å². The normalized spacial score (nSPS) is 10.6. The lowest BCUT2D eigenvalue weighted by molar-refractivity contribution is -0.137. The number of methoxy groups -OCH3 is 2. The van der Waals surface area contributed by atoms with Crippen LogP contribution >= 0.6 is 0 Å². The predicted octanol–water partition coefficient (Wildman–Crippen LogP) is 3.57. The molecule has 0 spiro atoms. The molecule has 0 aliphatic heterocycles. The number of hydrogen-bond donors (Lipinski definition) is 1. The van der Waals surface area contributed by atoms with E-state index in [1.165, 1.54) is 0 Å². The number of rotatable bonds is 6. The molecule has 0 fully saturated rings. The lowest BCUT2D eigenvalue weighted by atomic mass is 9.95. The molecule has 0 saturated heterocycles. The van der Waals surface area contributed by atoms with Crippen LogP contribution in [0.15, 0.2) is 24.3 Å². The summed E-state index contributed by atoms with van der Waals surface area (Å²) in [6, 6.07) is 7.93. The van der Waals surface area contributed by atoms with Gasteiger partial charge in [-0.05, 0) is 25.3 Å². The Bertz CT molecular complexity index is 661. The van der Waals surface area contributed by atoms with Gasteiger partial charge in [-0.25, -0.2) is 0 Å². The predicted molar refractivity (Wildman–Crippen MR) is 82.4 cm³/mol. The van der Waals surface area contributed by atoms with Crippen molar-refractivity contribution in [1.82, 2.24) is 0 Å². The molecular weight excluding hydrogens is 268 g/mol. The van der Waals surface area contributed by atoms with E-state index in [9.17, 15) is 4.79 Å². The largest absolute Gasteiger partial charge is 0.496 e. The van der Waals surface area contributed by atoms with Crippen LogP contribution in [0, 0.1) is 6.92 Å². The van der Waals surface area contributed by atoms with Crippen molar-refractivity contribution >= 4 is 16.7 Å². The van der Waals surface area contributed by atoms with Gasteiger partial charge in [0.1, 0.15) is 11.5 Å². The minimum absolute atomic E-state index is 0.151. The molecule has 4 nitrogen and oxygen atoms in total. The van der Waals surface area contributed by atoms with Gasteiger partial charge in [-0.15, -0.1) is 0 Å². The number of carbonyl (C=O) groups is 1. The molecule has 1 N–H and O–H groups in total. The van der Waals surface area contributed by atoms with E-state index in [4.69, 9.17) is 14.6 Å². The second kappa shape index (κ2) is 6.48. The Kier molecular flexibility index (Phi) is 4.68. The maximum absolute atomic E-state index is 10.7. The van der Waals surface area contributed by atoms with Crippen LogP contribution in [0.4, 0.5) is 0 Å². The van der Waals surface area contributed by atoms with Crippen molar-refractivity contribution < 1.29 is 19.4 Å². The van der Waals surface area contributed by atoms with Crippen LogP contribution in [0.2, 0.25) is 0 Å². The van der Waals surface area contributed by atoms with E-state index in [2.05, 4.69) is 0 Å². The molecule has 0 aliphatic rings. The Hall–Kier alpha value is -2.23. The van der Waals surface area contributed by atoms with E-state index in [0.29, 0.717) is 12.8 Å². The highest BCUT2D eigenvalue weighted by molar-refractivity contribution is 5.96. The summed E-state index contributed by atoms with van der Waals surface area (Å²) in [7, 11) is 3.30. The third-order valence-electron chi connectivity index (χ3n) is 3.71. The van der Waals surface area contributed by atoms with Crippen molar-refractivity contribution in [2.45, 2.75) is 26.2 Å². The highest BCUT2D eigenvalue weighted by Gasteiger charge is 2.17. The van der Waals surface area contributed by atoms with Gasteiger partial charge in [0.15, 0.2) is 0 Å². The zero-order chi connectivity index (χ0) is 15.4. The Balaban J connectivity index is 2.57. The fourth-order valence-corrected chi connectivity index (χ4v) is 2.76. The number of benzene rings is 2. The maximum atomic E-state index is 10.7. The number of hydrogen-bond acceptors (Lipinski definition) is 3. The molecular formula is C17H20O4. The standard InChI is InChI=1S/C17H20O4/c1-11-12(9-6-10-15(18)19)17(21-3)14-8-5-4-7-13(14)16(11)20-2/h4-5,7-8H,6,9-10H2,1-3H3,(H,18,19). The van der Waals surface area contributed by atoms with Crippen LogP contribution in [-0.4, -0.2) is 25.3 Å². The molecule has 2 aromatic rings. The van der Waals surface area contributed by atoms with Gasteiger partial charge in [-0.2, -0.15) is 0 Å². The summed E-state index contributed by atoms with van der Waals surface area (Å²) >= 11 is 0. The molecule has 0 aromatic heterocycles.